The molecule has 0 unspecified atom stereocenters. The molecule has 1 aromatic rings. The summed E-state index contributed by atoms with van der Waals surface area (Å²) in [5.41, 5.74) is -0.953. The number of aromatic nitrogens is 1. The lowest BCUT2D eigenvalue weighted by Gasteiger charge is -2.52. The van der Waals surface area contributed by atoms with E-state index in [0.717, 1.165) is 0 Å². The van der Waals surface area contributed by atoms with Crippen molar-refractivity contribution in [3.05, 3.63) is 22.9 Å². The predicted molar refractivity (Wildman–Crippen MR) is 121 cm³/mol. The molecule has 2 amide bonds. The van der Waals surface area contributed by atoms with Crippen LogP contribution in [-0.4, -0.2) is 80.3 Å². The molecular weight excluding hydrogens is 431 g/mol. The molecule has 9 nitrogen and oxygen atoms in total. The zero-order valence-electron chi connectivity index (χ0n) is 20.8. The molecule has 0 atom stereocenters. The number of carbonyl (C=O) groups excluding carboxylic acids is 2. The maximum absolute atomic E-state index is 15.7. The number of methoxy groups -OCH3 is 2. The maximum atomic E-state index is 15.7. The third-order valence-electron chi connectivity index (χ3n) is 5.84. The van der Waals surface area contributed by atoms with Crippen LogP contribution in [0, 0.1) is 0 Å². The van der Waals surface area contributed by atoms with E-state index < -0.39 is 23.7 Å². The Balaban J connectivity index is 2.06. The van der Waals surface area contributed by atoms with Crippen molar-refractivity contribution in [3.63, 3.8) is 0 Å². The van der Waals surface area contributed by atoms with Gasteiger partial charge < -0.3 is 24.0 Å². The quantitative estimate of drug-likeness (QED) is 0.571. The molecule has 0 saturated heterocycles. The van der Waals surface area contributed by atoms with Gasteiger partial charge in [-0.2, -0.15) is 0 Å². The molecule has 0 N–H and O–H groups in total. The normalized spacial score (nSPS) is 21.7. The molecule has 3 aliphatic rings. The average molecular weight is 467 g/mol. The largest absolute Gasteiger partial charge is 0.443 e. The fraction of sp³-hybridized carbons (Fsp3) is 0.696. The molecule has 1 aromatic heterocycles. The molecular formula is C23H35FN4O5. The molecule has 0 radical (unpaired) electrons. The SMILES string of the molecule is COC(OC)c1nc2c(cc1CN(C)C(=O)CN(C)C)C1(F)CC(C1)N2C(=O)OC(C)(C)C. The van der Waals surface area contributed by atoms with E-state index in [9.17, 15) is 9.59 Å². The minimum atomic E-state index is -1.57. The van der Waals surface area contributed by atoms with E-state index in [1.165, 1.54) is 19.1 Å². The van der Waals surface area contributed by atoms with Crippen LogP contribution in [0.1, 0.15) is 56.7 Å². The van der Waals surface area contributed by atoms with Gasteiger partial charge in [-0.15, -0.1) is 0 Å². The molecule has 2 aliphatic heterocycles. The monoisotopic (exact) mass is 466 g/mol. The molecule has 4 rings (SSSR count). The van der Waals surface area contributed by atoms with Crippen molar-refractivity contribution in [2.45, 2.75) is 63.8 Å². The van der Waals surface area contributed by atoms with Gasteiger partial charge in [-0.05, 0) is 46.5 Å². The third kappa shape index (κ3) is 5.12. The number of anilines is 1. The van der Waals surface area contributed by atoms with E-state index in [0.29, 0.717) is 16.8 Å². The summed E-state index contributed by atoms with van der Waals surface area (Å²) in [7, 11) is 8.25. The molecule has 3 heterocycles. The van der Waals surface area contributed by atoms with Gasteiger partial charge in [0.25, 0.3) is 0 Å². The van der Waals surface area contributed by atoms with Crippen LogP contribution in [0.3, 0.4) is 0 Å². The number of amides is 2. The highest BCUT2D eigenvalue weighted by Gasteiger charge is 2.58. The van der Waals surface area contributed by atoms with Gasteiger partial charge >= 0.3 is 6.09 Å². The zero-order chi connectivity index (χ0) is 24.7. The first kappa shape index (κ1) is 25.3. The Bertz CT molecular complexity index is 907. The molecule has 0 aromatic carbocycles. The summed E-state index contributed by atoms with van der Waals surface area (Å²) in [5.74, 6) is 0.124. The van der Waals surface area contributed by atoms with E-state index in [4.69, 9.17) is 14.2 Å². The standard InChI is InChI=1S/C23H35FN4O5/c1-22(2,3)33-21(30)28-15-10-23(24,11-15)16-9-14(12-27(6)17(29)13-26(4)5)18(25-19(16)28)20(31-7)32-8/h9,15,20H,10-13H2,1-8H3. The molecule has 184 valence electrons. The Morgan fingerprint density at radius 3 is 2.36 bits per heavy atom. The van der Waals surface area contributed by atoms with Crippen LogP contribution in [0.5, 0.6) is 0 Å². The fourth-order valence-corrected chi connectivity index (χ4v) is 4.27. The van der Waals surface area contributed by atoms with Gasteiger partial charge in [-0.25, -0.2) is 14.2 Å². The number of halogens is 1. The van der Waals surface area contributed by atoms with Crippen LogP contribution in [-0.2, 0) is 31.2 Å². The lowest BCUT2D eigenvalue weighted by molar-refractivity contribution is -0.131. The van der Waals surface area contributed by atoms with Crippen molar-refractivity contribution in [2.75, 3.05) is 46.8 Å². The van der Waals surface area contributed by atoms with Crippen LogP contribution in [0.4, 0.5) is 15.0 Å². The molecule has 0 spiro atoms. The highest BCUT2D eigenvalue weighted by Crippen LogP contribution is 2.56. The number of nitrogens with zero attached hydrogens (tertiary/aromatic N) is 4. The summed E-state index contributed by atoms with van der Waals surface area (Å²) in [6.45, 7) is 5.78. The van der Waals surface area contributed by atoms with Crippen molar-refractivity contribution >= 4 is 17.8 Å². The molecule has 1 fully saturated rings. The minimum absolute atomic E-state index is 0.0934. The van der Waals surface area contributed by atoms with Crippen molar-refractivity contribution in [1.29, 1.82) is 0 Å². The van der Waals surface area contributed by atoms with E-state index in [-0.39, 0.29) is 43.7 Å². The lowest BCUT2D eigenvalue weighted by Crippen LogP contribution is -2.60. The van der Waals surface area contributed by atoms with Crippen molar-refractivity contribution in [1.82, 2.24) is 14.8 Å². The molecule has 10 heteroatoms. The summed E-state index contributed by atoms with van der Waals surface area (Å²) in [5, 5.41) is 0. The predicted octanol–water partition coefficient (Wildman–Crippen LogP) is 2.98. The lowest BCUT2D eigenvalue weighted by atomic mass is 9.68. The second-order valence-electron chi connectivity index (χ2n) is 10.1. The maximum Gasteiger partial charge on any atom is 0.416 e. The van der Waals surface area contributed by atoms with Crippen molar-refractivity contribution in [3.8, 4) is 0 Å². The van der Waals surface area contributed by atoms with Crippen LogP contribution in [0.25, 0.3) is 0 Å². The zero-order valence-corrected chi connectivity index (χ0v) is 20.8. The van der Waals surface area contributed by atoms with Crippen LogP contribution in [0.15, 0.2) is 6.07 Å². The number of rotatable bonds is 7. The Labute approximate surface area is 194 Å². The van der Waals surface area contributed by atoms with Gasteiger partial charge in [0, 0.05) is 52.3 Å². The Kier molecular flexibility index (Phi) is 7.02. The van der Waals surface area contributed by atoms with Gasteiger partial charge in [-0.3, -0.25) is 9.69 Å². The van der Waals surface area contributed by atoms with Crippen LogP contribution >= 0.6 is 0 Å². The highest BCUT2D eigenvalue weighted by atomic mass is 19.1. The topological polar surface area (TPSA) is 84.4 Å². The van der Waals surface area contributed by atoms with E-state index >= 15 is 4.39 Å². The Morgan fingerprint density at radius 2 is 1.85 bits per heavy atom. The van der Waals surface area contributed by atoms with Gasteiger partial charge in [-0.1, -0.05) is 0 Å². The summed E-state index contributed by atoms with van der Waals surface area (Å²) >= 11 is 0. The fourth-order valence-electron chi connectivity index (χ4n) is 4.27. The number of carbonyl (C=O) groups is 2. The van der Waals surface area contributed by atoms with Gasteiger partial charge in [0.05, 0.1) is 6.54 Å². The number of likely N-dealkylation sites (N-methyl/N-ethyl adjacent to an activating group) is 2. The molecule has 33 heavy (non-hydrogen) atoms. The highest BCUT2D eigenvalue weighted by molar-refractivity contribution is 5.90. The number of ether oxygens (including phenoxy) is 3. The molecule has 1 aliphatic carbocycles. The first-order chi connectivity index (χ1) is 15.3. The number of pyridine rings is 1. The van der Waals surface area contributed by atoms with Crippen molar-refractivity contribution < 1.29 is 28.2 Å². The summed E-state index contributed by atoms with van der Waals surface area (Å²) in [6.07, 6.45) is -1.04. The van der Waals surface area contributed by atoms with Gasteiger partial charge in [0.1, 0.15) is 22.8 Å². The van der Waals surface area contributed by atoms with E-state index in [1.807, 2.05) is 14.1 Å². The van der Waals surface area contributed by atoms with Gasteiger partial charge in [0.2, 0.25) is 12.2 Å². The van der Waals surface area contributed by atoms with Crippen molar-refractivity contribution in [2.24, 2.45) is 0 Å². The number of hydrogen-bond acceptors (Lipinski definition) is 7. The van der Waals surface area contributed by atoms with Crippen LogP contribution in [0.2, 0.25) is 0 Å². The smallest absolute Gasteiger partial charge is 0.416 e. The molecule has 2 bridgehead atoms. The second-order valence-corrected chi connectivity index (χ2v) is 10.1. The average Bonchev–Trinajstić information content (AvgIpc) is 2.66. The van der Waals surface area contributed by atoms with Crippen LogP contribution < -0.4 is 4.90 Å². The summed E-state index contributed by atoms with van der Waals surface area (Å²) in [4.78, 5) is 35.0. The van der Waals surface area contributed by atoms with E-state index in [1.54, 1.807) is 43.7 Å². The Morgan fingerprint density at radius 1 is 1.24 bits per heavy atom. The Hall–Kier alpha value is -2.30. The number of hydrogen-bond donors (Lipinski definition) is 0. The summed E-state index contributed by atoms with van der Waals surface area (Å²) < 4.78 is 32.1. The first-order valence-electron chi connectivity index (χ1n) is 11.0. The first-order valence-corrected chi connectivity index (χ1v) is 11.0. The second kappa shape index (κ2) is 9.15. The summed E-state index contributed by atoms with van der Waals surface area (Å²) in [6, 6.07) is 1.37. The third-order valence-corrected chi connectivity index (χ3v) is 5.84. The van der Waals surface area contributed by atoms with Gasteiger partial charge in [0.15, 0.2) is 0 Å². The minimum Gasteiger partial charge on any atom is -0.443 e. The van der Waals surface area contributed by atoms with E-state index in [2.05, 4.69) is 4.98 Å². The number of alkyl halides is 1. The molecule has 1 saturated carbocycles.